The monoisotopic (exact) mass is 211 g/mol. The number of carbonyl (C=O) groups is 1. The van der Waals surface area contributed by atoms with Crippen molar-refractivity contribution in [3.63, 3.8) is 0 Å². The fourth-order valence-corrected chi connectivity index (χ4v) is 0.795. The molecular weight excluding hydrogens is 198 g/mol. The van der Waals surface area contributed by atoms with Gasteiger partial charge in [-0.25, -0.2) is 8.42 Å². The molecule has 0 amide bonds. The molecule has 2 N–H and O–H groups in total. The van der Waals surface area contributed by atoms with Gasteiger partial charge in [0.2, 0.25) is 10.4 Å². The van der Waals surface area contributed by atoms with E-state index in [2.05, 4.69) is 9.50 Å². The van der Waals surface area contributed by atoms with Gasteiger partial charge >= 0.3 is 0 Å². The zero-order valence-corrected chi connectivity index (χ0v) is 8.17. The Hall–Kier alpha value is -0.500. The maximum absolute atomic E-state index is 10.4. The summed E-state index contributed by atoms with van der Waals surface area (Å²) in [5.74, 6) is 0.433. The number of rotatable bonds is 1. The molecule has 0 atom stereocenters. The molecule has 1 rings (SSSR count). The number of hydrogen-bond donors (Lipinski definition) is 1. The summed E-state index contributed by atoms with van der Waals surface area (Å²) in [7, 11) is -3.60. The zero-order valence-electron chi connectivity index (χ0n) is 7.36. The summed E-state index contributed by atoms with van der Waals surface area (Å²) >= 11 is 0. The molecule has 0 aromatic rings. The Kier molecular flexibility index (Phi) is 5.80. The van der Waals surface area contributed by atoms with Crippen LogP contribution in [0.2, 0.25) is 0 Å². The van der Waals surface area contributed by atoms with E-state index in [9.17, 15) is 17.8 Å². The highest BCUT2D eigenvalue weighted by molar-refractivity contribution is 7.80. The predicted molar refractivity (Wildman–Crippen MR) is 42.6 cm³/mol. The number of carbonyl (C=O) groups excluding carboxylic acids is 1. The molecule has 13 heavy (non-hydrogen) atoms. The van der Waals surface area contributed by atoms with Crippen LogP contribution < -0.4 is 5.32 Å². The summed E-state index contributed by atoms with van der Waals surface area (Å²) in [4.78, 5) is 10.4. The minimum absolute atomic E-state index is 0.433. The molecule has 0 bridgehead atoms. The van der Waals surface area contributed by atoms with Crippen LogP contribution in [0.1, 0.15) is 12.8 Å². The lowest BCUT2D eigenvalue weighted by atomic mass is 10.1. The van der Waals surface area contributed by atoms with Gasteiger partial charge in [0, 0.05) is 0 Å². The van der Waals surface area contributed by atoms with Gasteiger partial charge in [0.1, 0.15) is 5.78 Å². The van der Waals surface area contributed by atoms with Gasteiger partial charge in [-0.15, -0.1) is 0 Å². The van der Waals surface area contributed by atoms with Crippen molar-refractivity contribution in [1.82, 2.24) is 0 Å². The maximum Gasteiger partial charge on any atom is 0.217 e. The molecule has 78 valence electrons. The lowest BCUT2D eigenvalue weighted by Gasteiger charge is -2.04. The van der Waals surface area contributed by atoms with Gasteiger partial charge in [-0.3, -0.25) is 8.98 Å². The summed E-state index contributed by atoms with van der Waals surface area (Å²) in [6.07, 6.45) is 1.58. The number of Topliss-reactive ketones (excluding diaryl/α,β-unsaturated/α-hetero) is 1. The van der Waals surface area contributed by atoms with Crippen LogP contribution in [0.25, 0.3) is 0 Å². The van der Waals surface area contributed by atoms with Crippen LogP contribution in [-0.4, -0.2) is 39.0 Å². The average molecular weight is 211 g/mol. The van der Waals surface area contributed by atoms with Gasteiger partial charge in [-0.05, 0) is 0 Å². The molecule has 1 aliphatic heterocycles. The molecule has 0 aromatic carbocycles. The highest BCUT2D eigenvalue weighted by Gasteiger charge is 2.08. The van der Waals surface area contributed by atoms with Crippen molar-refractivity contribution in [2.45, 2.75) is 12.8 Å². The molecule has 1 heterocycles. The van der Waals surface area contributed by atoms with E-state index in [0.717, 1.165) is 33.0 Å². The van der Waals surface area contributed by atoms with E-state index < -0.39 is 10.4 Å². The van der Waals surface area contributed by atoms with Gasteiger partial charge < -0.3 is 9.87 Å². The Morgan fingerprint density at radius 1 is 1.38 bits per heavy atom. The minimum atomic E-state index is -4.41. The first-order valence-electron chi connectivity index (χ1n) is 3.80. The number of hydrogen-bond acceptors (Lipinski definition) is 5. The Morgan fingerprint density at radius 3 is 1.92 bits per heavy atom. The van der Waals surface area contributed by atoms with Gasteiger partial charge in [0.15, 0.2) is 0 Å². The molecule has 6 nitrogen and oxygen atoms in total. The summed E-state index contributed by atoms with van der Waals surface area (Å²) in [5.41, 5.74) is 0. The highest BCUT2D eigenvalue weighted by Crippen LogP contribution is 1.86. The van der Waals surface area contributed by atoms with E-state index in [1.54, 1.807) is 0 Å². The molecule has 1 saturated heterocycles. The highest BCUT2D eigenvalue weighted by atomic mass is 32.3. The molecule has 0 radical (unpaired) electrons. The van der Waals surface area contributed by atoms with Crippen molar-refractivity contribution in [2.24, 2.45) is 0 Å². The molecule has 0 spiro atoms. The van der Waals surface area contributed by atoms with Gasteiger partial charge in [-0.2, -0.15) is 0 Å². The third-order valence-corrected chi connectivity index (χ3v) is 1.87. The third kappa shape index (κ3) is 9.41. The molecule has 7 heteroatoms. The summed E-state index contributed by atoms with van der Waals surface area (Å²) < 4.78 is 31.0. The van der Waals surface area contributed by atoms with Gasteiger partial charge in [0.25, 0.3) is 0 Å². The quantitative estimate of drug-likeness (QED) is 0.399. The zero-order chi connectivity index (χ0) is 10.3. The van der Waals surface area contributed by atoms with Crippen molar-refractivity contribution >= 4 is 16.2 Å². The third-order valence-electron chi connectivity index (χ3n) is 1.46. The van der Waals surface area contributed by atoms with Crippen LogP contribution in [-0.2, 0) is 19.4 Å². The minimum Gasteiger partial charge on any atom is -0.726 e. The Bertz CT molecular complexity index is 240. The van der Waals surface area contributed by atoms with Crippen molar-refractivity contribution in [2.75, 3.05) is 20.2 Å². The number of piperidine rings is 1. The lowest BCUT2D eigenvalue weighted by molar-refractivity contribution is -0.656. The van der Waals surface area contributed by atoms with Crippen molar-refractivity contribution in [1.29, 1.82) is 0 Å². The largest absolute Gasteiger partial charge is 0.726 e. The van der Waals surface area contributed by atoms with Crippen LogP contribution in [0.3, 0.4) is 0 Å². The van der Waals surface area contributed by atoms with E-state index in [-0.39, 0.29) is 0 Å². The molecule has 0 aliphatic carbocycles. The SMILES string of the molecule is COS(=O)(=O)[O-].O=C1CC[NH2+]CC1. The van der Waals surface area contributed by atoms with Crippen molar-refractivity contribution < 1.29 is 27.3 Å². The lowest BCUT2D eigenvalue weighted by Crippen LogP contribution is -2.86. The Balaban J connectivity index is 0.000000226. The van der Waals surface area contributed by atoms with Crippen molar-refractivity contribution in [3.05, 3.63) is 0 Å². The van der Waals surface area contributed by atoms with Crippen LogP contribution in [0.5, 0.6) is 0 Å². The van der Waals surface area contributed by atoms with E-state index in [0.29, 0.717) is 5.78 Å². The van der Waals surface area contributed by atoms with Crippen molar-refractivity contribution in [3.8, 4) is 0 Å². The van der Waals surface area contributed by atoms with E-state index in [1.807, 2.05) is 0 Å². The second-order valence-corrected chi connectivity index (χ2v) is 3.63. The second kappa shape index (κ2) is 6.03. The predicted octanol–water partition coefficient (Wildman–Crippen LogP) is -1.99. The summed E-state index contributed by atoms with van der Waals surface area (Å²) in [6, 6.07) is 0. The second-order valence-electron chi connectivity index (χ2n) is 2.48. The fraction of sp³-hybridized carbons (Fsp3) is 0.833. The molecule has 1 aliphatic rings. The number of nitrogens with two attached hydrogens (primary N) is 1. The van der Waals surface area contributed by atoms with Crippen LogP contribution in [0, 0.1) is 0 Å². The van der Waals surface area contributed by atoms with Gasteiger partial charge in [-0.1, -0.05) is 0 Å². The van der Waals surface area contributed by atoms with Crippen LogP contribution in [0.4, 0.5) is 0 Å². The molecule has 0 unspecified atom stereocenters. The Labute approximate surface area is 77.2 Å². The summed E-state index contributed by atoms with van der Waals surface area (Å²) in [5, 5.41) is 2.18. The first-order valence-corrected chi connectivity index (χ1v) is 5.14. The average Bonchev–Trinajstić information content (AvgIpc) is 2.06. The molecular formula is C6H13NO5S. The molecule has 1 fully saturated rings. The maximum atomic E-state index is 10.4. The molecule has 0 aromatic heterocycles. The van der Waals surface area contributed by atoms with E-state index >= 15 is 0 Å². The number of quaternary nitrogens is 1. The standard InChI is InChI=1S/C5H9NO.CH4O4S/c7-5-1-3-6-4-2-5;1-5-6(2,3)4/h6H,1-4H2;1H3,(H,2,3,4). The summed E-state index contributed by atoms with van der Waals surface area (Å²) in [6.45, 7) is 2.03. The van der Waals surface area contributed by atoms with Crippen LogP contribution >= 0.6 is 0 Å². The normalized spacial score (nSPS) is 17.5. The topological polar surface area (TPSA) is 100 Å². The van der Waals surface area contributed by atoms with E-state index in [4.69, 9.17) is 0 Å². The fourth-order valence-electron chi connectivity index (χ4n) is 0.795. The number of ketones is 1. The van der Waals surface area contributed by atoms with Crippen LogP contribution in [0.15, 0.2) is 0 Å². The smallest absolute Gasteiger partial charge is 0.217 e. The van der Waals surface area contributed by atoms with E-state index in [1.165, 1.54) is 0 Å². The first-order chi connectivity index (χ1) is 5.95. The Morgan fingerprint density at radius 2 is 1.77 bits per heavy atom. The van der Waals surface area contributed by atoms with Gasteiger partial charge in [0.05, 0.1) is 33.0 Å². The molecule has 0 saturated carbocycles. The first kappa shape index (κ1) is 12.5.